The second-order valence-corrected chi connectivity index (χ2v) is 9.63. The molecule has 1 aliphatic rings. The Labute approximate surface area is 239 Å². The summed E-state index contributed by atoms with van der Waals surface area (Å²) in [4.78, 5) is 25.9. The predicted molar refractivity (Wildman–Crippen MR) is 161 cm³/mol. The number of allylic oxidation sites excluding steroid dienone is 1. The van der Waals surface area contributed by atoms with Crippen molar-refractivity contribution in [1.29, 1.82) is 0 Å². The lowest BCUT2D eigenvalue weighted by molar-refractivity contribution is 0.0600. The predicted octanol–water partition coefficient (Wildman–Crippen LogP) is 4.96. The van der Waals surface area contributed by atoms with Crippen LogP contribution in [0.15, 0.2) is 59.9 Å². The Hall–Kier alpha value is -4.99. The molecule has 0 radical (unpaired) electrons. The van der Waals surface area contributed by atoms with Crippen molar-refractivity contribution in [1.82, 2.24) is 19.7 Å². The Balaban J connectivity index is 1.49. The van der Waals surface area contributed by atoms with Crippen LogP contribution in [0, 0.1) is 0 Å². The van der Waals surface area contributed by atoms with E-state index in [1.54, 1.807) is 31.5 Å². The van der Waals surface area contributed by atoms with E-state index in [1.165, 1.54) is 7.11 Å². The minimum absolute atomic E-state index is 0.388. The van der Waals surface area contributed by atoms with E-state index in [4.69, 9.17) is 25.3 Å². The molecule has 0 unspecified atom stereocenters. The second-order valence-electron chi connectivity index (χ2n) is 9.63. The number of ether oxygens (including phenoxy) is 2. The summed E-state index contributed by atoms with van der Waals surface area (Å²) in [6.45, 7) is 2.86. The second kappa shape index (κ2) is 12.0. The van der Waals surface area contributed by atoms with Crippen LogP contribution in [0.2, 0.25) is 0 Å². The zero-order valence-electron chi connectivity index (χ0n) is 23.6. The maximum absolute atomic E-state index is 12.0. The number of aliphatic imine (C=N–C) groups is 1. The third-order valence-electron chi connectivity index (χ3n) is 6.98. The number of carbonyl (C=O) groups is 1. The van der Waals surface area contributed by atoms with Crippen LogP contribution in [0.1, 0.15) is 40.5 Å². The number of benzene rings is 2. The monoisotopic (exact) mass is 551 g/mol. The highest BCUT2D eigenvalue weighted by Crippen LogP contribution is 2.40. The lowest BCUT2D eigenvalue weighted by Crippen LogP contribution is -2.09. The molecular weight excluding hydrogens is 518 g/mol. The Morgan fingerprint density at radius 3 is 2.63 bits per heavy atom. The summed E-state index contributed by atoms with van der Waals surface area (Å²) >= 11 is 0. The van der Waals surface area contributed by atoms with Gasteiger partial charge in [-0.1, -0.05) is 31.2 Å². The zero-order valence-corrected chi connectivity index (χ0v) is 23.6. The molecule has 0 saturated carbocycles. The summed E-state index contributed by atoms with van der Waals surface area (Å²) in [5, 5.41) is 8.09. The molecule has 0 spiro atoms. The molecular formula is C31H33N7O3. The average molecular weight is 552 g/mol. The Bertz CT molecular complexity index is 1640. The summed E-state index contributed by atoms with van der Waals surface area (Å²) in [5.74, 6) is 0.446. The van der Waals surface area contributed by atoms with E-state index in [1.807, 2.05) is 36.3 Å². The first-order chi connectivity index (χ1) is 20.0. The van der Waals surface area contributed by atoms with Gasteiger partial charge in [0.2, 0.25) is 5.95 Å². The number of anilines is 2. The van der Waals surface area contributed by atoms with E-state index >= 15 is 0 Å². The van der Waals surface area contributed by atoms with Crippen LogP contribution in [0.25, 0.3) is 28.1 Å². The number of nitrogens with zero attached hydrogens (tertiary/aromatic N) is 5. The van der Waals surface area contributed by atoms with Crippen molar-refractivity contribution in [3.05, 3.63) is 77.2 Å². The van der Waals surface area contributed by atoms with Crippen LogP contribution < -0.4 is 15.8 Å². The van der Waals surface area contributed by atoms with Crippen molar-refractivity contribution in [2.24, 2.45) is 17.8 Å². The number of rotatable bonds is 9. The highest BCUT2D eigenvalue weighted by molar-refractivity contribution is 6.09. The number of aryl methyl sites for hydroxylation is 3. The fraction of sp³-hybridized carbons (Fsp3) is 0.258. The Kier molecular flexibility index (Phi) is 8.09. The van der Waals surface area contributed by atoms with Crippen molar-refractivity contribution in [2.75, 3.05) is 26.1 Å². The van der Waals surface area contributed by atoms with E-state index in [9.17, 15) is 4.79 Å². The molecule has 0 saturated heterocycles. The van der Waals surface area contributed by atoms with Gasteiger partial charge in [-0.2, -0.15) is 5.10 Å². The lowest BCUT2D eigenvalue weighted by Gasteiger charge is -2.18. The smallest absolute Gasteiger partial charge is 0.337 e. The van der Waals surface area contributed by atoms with Crippen LogP contribution >= 0.6 is 0 Å². The molecule has 2 aromatic carbocycles. The number of nitrogens with one attached hydrogen (secondary N) is 1. The molecule has 0 atom stereocenters. The fourth-order valence-electron chi connectivity index (χ4n) is 4.94. The van der Waals surface area contributed by atoms with Crippen molar-refractivity contribution < 1.29 is 14.3 Å². The molecule has 41 heavy (non-hydrogen) atoms. The van der Waals surface area contributed by atoms with Gasteiger partial charge in [0.1, 0.15) is 5.75 Å². The van der Waals surface area contributed by atoms with Gasteiger partial charge in [-0.05, 0) is 48.6 Å². The number of methoxy groups -OCH3 is 2. The first-order valence-corrected chi connectivity index (χ1v) is 13.4. The van der Waals surface area contributed by atoms with Gasteiger partial charge in [0, 0.05) is 48.9 Å². The first kappa shape index (κ1) is 27.6. The van der Waals surface area contributed by atoms with E-state index in [-0.39, 0.29) is 0 Å². The summed E-state index contributed by atoms with van der Waals surface area (Å²) in [7, 11) is 4.84. The molecule has 10 nitrogen and oxygen atoms in total. The number of hydrogen-bond acceptors (Lipinski definition) is 9. The van der Waals surface area contributed by atoms with Crippen molar-refractivity contribution >= 4 is 29.4 Å². The molecule has 0 fully saturated rings. The molecule has 10 heteroatoms. The number of aromatic nitrogens is 4. The number of fused-ring (bicyclic) bond motifs is 3. The quantitative estimate of drug-likeness (QED) is 0.221. The van der Waals surface area contributed by atoms with Gasteiger partial charge in [-0.15, -0.1) is 0 Å². The van der Waals surface area contributed by atoms with Gasteiger partial charge in [0.25, 0.3) is 0 Å². The third kappa shape index (κ3) is 5.54. The van der Waals surface area contributed by atoms with Crippen LogP contribution in [0.4, 0.5) is 11.6 Å². The Morgan fingerprint density at radius 1 is 1.15 bits per heavy atom. The standard InChI is InChI=1S/C31H33N7O3/c1-5-14-33-17-23(16-32)19-6-8-20(9-7-19)29-27-25(37-38(29)2)13-11-22-18-34-31(36-28(22)27)35-24-12-10-21(30(39)41-4)15-26(24)40-3/h6-10,12,15-18H,5,11,13-14,32H2,1-4H3,(H,34,35,36)/b23-16+,33-17?. The summed E-state index contributed by atoms with van der Waals surface area (Å²) in [6.07, 6.45) is 7.86. The molecule has 2 heterocycles. The lowest BCUT2D eigenvalue weighted by atomic mass is 9.91. The van der Waals surface area contributed by atoms with Crippen LogP contribution in [0.5, 0.6) is 5.75 Å². The zero-order chi connectivity index (χ0) is 28.9. The van der Waals surface area contributed by atoms with Gasteiger partial charge in [-0.3, -0.25) is 9.67 Å². The molecule has 2 aromatic heterocycles. The van der Waals surface area contributed by atoms with Crippen LogP contribution in [-0.4, -0.2) is 52.7 Å². The highest BCUT2D eigenvalue weighted by Gasteiger charge is 2.27. The van der Waals surface area contributed by atoms with E-state index in [0.717, 1.165) is 70.7 Å². The number of esters is 1. The SMILES string of the molecule is CCCN=C/C(=C\N)c1ccc(-c2c3c(nn2C)CCc2cnc(Nc4ccc(C(=O)OC)cc4OC)nc2-3)cc1. The molecule has 0 amide bonds. The molecule has 5 rings (SSSR count). The van der Waals surface area contributed by atoms with Gasteiger partial charge in [0.05, 0.1) is 42.6 Å². The minimum Gasteiger partial charge on any atom is -0.495 e. The van der Waals surface area contributed by atoms with E-state index in [0.29, 0.717) is 22.9 Å². The number of carbonyl (C=O) groups excluding carboxylic acids is 1. The molecule has 0 bridgehead atoms. The van der Waals surface area contributed by atoms with E-state index in [2.05, 4.69) is 34.3 Å². The summed E-state index contributed by atoms with van der Waals surface area (Å²) < 4.78 is 12.2. The van der Waals surface area contributed by atoms with Crippen molar-refractivity contribution in [2.45, 2.75) is 26.2 Å². The normalized spacial score (nSPS) is 12.6. The minimum atomic E-state index is -0.440. The highest BCUT2D eigenvalue weighted by atomic mass is 16.5. The summed E-state index contributed by atoms with van der Waals surface area (Å²) in [6, 6.07) is 13.3. The molecule has 4 aromatic rings. The number of nitrogens with two attached hydrogens (primary N) is 1. The van der Waals surface area contributed by atoms with E-state index < -0.39 is 5.97 Å². The topological polar surface area (TPSA) is 130 Å². The average Bonchev–Trinajstić information content (AvgIpc) is 3.35. The van der Waals surface area contributed by atoms with Crippen molar-refractivity contribution in [3.8, 4) is 28.3 Å². The molecule has 0 aliphatic heterocycles. The molecule has 1 aliphatic carbocycles. The van der Waals surface area contributed by atoms with Gasteiger partial charge < -0.3 is 20.5 Å². The van der Waals surface area contributed by atoms with Gasteiger partial charge >= 0.3 is 5.97 Å². The first-order valence-electron chi connectivity index (χ1n) is 13.4. The Morgan fingerprint density at radius 2 is 1.93 bits per heavy atom. The summed E-state index contributed by atoms with van der Waals surface area (Å²) in [5.41, 5.74) is 14.7. The number of hydrogen-bond donors (Lipinski definition) is 2. The fourth-order valence-corrected chi connectivity index (χ4v) is 4.94. The maximum atomic E-state index is 12.0. The van der Waals surface area contributed by atoms with Gasteiger partial charge in [-0.25, -0.2) is 14.8 Å². The largest absolute Gasteiger partial charge is 0.495 e. The van der Waals surface area contributed by atoms with Gasteiger partial charge in [0.15, 0.2) is 0 Å². The maximum Gasteiger partial charge on any atom is 0.337 e. The van der Waals surface area contributed by atoms with Crippen LogP contribution in [-0.2, 0) is 24.6 Å². The molecule has 210 valence electrons. The molecule has 3 N–H and O–H groups in total. The van der Waals surface area contributed by atoms with Crippen LogP contribution in [0.3, 0.4) is 0 Å². The van der Waals surface area contributed by atoms with Crippen molar-refractivity contribution in [3.63, 3.8) is 0 Å². The third-order valence-corrected chi connectivity index (χ3v) is 6.98.